The van der Waals surface area contributed by atoms with Crippen LogP contribution in [0.3, 0.4) is 0 Å². The van der Waals surface area contributed by atoms with Crippen LogP contribution in [0.2, 0.25) is 0 Å². The molecule has 9 nitrogen and oxygen atoms in total. The van der Waals surface area contributed by atoms with Crippen molar-refractivity contribution in [2.75, 3.05) is 13.1 Å². The molecule has 0 unspecified atom stereocenters. The molecule has 0 aliphatic rings. The van der Waals surface area contributed by atoms with E-state index in [4.69, 9.17) is 8.94 Å². The topological polar surface area (TPSA) is 115 Å². The Morgan fingerprint density at radius 3 is 2.52 bits per heavy atom. The summed E-state index contributed by atoms with van der Waals surface area (Å²) in [5.74, 6) is 0.828. The number of aromatic nitrogens is 4. The zero-order valence-electron chi connectivity index (χ0n) is 17.8. The van der Waals surface area contributed by atoms with E-state index in [0.29, 0.717) is 35.9 Å². The third kappa shape index (κ3) is 5.13. The van der Waals surface area contributed by atoms with Gasteiger partial charge in [0.25, 0.3) is 5.22 Å². The van der Waals surface area contributed by atoms with Gasteiger partial charge in [-0.2, -0.15) is 9.29 Å². The number of sulfonamides is 1. The second-order valence-corrected chi connectivity index (χ2v) is 9.66. The van der Waals surface area contributed by atoms with Gasteiger partial charge in [-0.15, -0.1) is 10.2 Å². The predicted molar refractivity (Wildman–Crippen MR) is 119 cm³/mol. The van der Waals surface area contributed by atoms with Gasteiger partial charge in [-0.3, -0.25) is 0 Å². The van der Waals surface area contributed by atoms with E-state index in [2.05, 4.69) is 20.3 Å². The molecule has 4 rings (SSSR count). The summed E-state index contributed by atoms with van der Waals surface area (Å²) in [6.45, 7) is 4.34. The van der Waals surface area contributed by atoms with Gasteiger partial charge in [0.2, 0.25) is 27.6 Å². The van der Waals surface area contributed by atoms with E-state index in [1.807, 2.05) is 0 Å². The Bertz CT molecular complexity index is 1330. The summed E-state index contributed by atoms with van der Waals surface area (Å²) in [7, 11) is -3.60. The Morgan fingerprint density at radius 1 is 1.03 bits per heavy atom. The van der Waals surface area contributed by atoms with Gasteiger partial charge in [0.1, 0.15) is 5.82 Å². The summed E-state index contributed by atoms with van der Waals surface area (Å²) in [4.78, 5) is 4.44. The third-order valence-corrected chi connectivity index (χ3v) is 7.57. The van der Waals surface area contributed by atoms with E-state index in [-0.39, 0.29) is 27.6 Å². The van der Waals surface area contributed by atoms with Gasteiger partial charge < -0.3 is 8.94 Å². The summed E-state index contributed by atoms with van der Waals surface area (Å²) in [5, 5.41) is 12.2. The lowest BCUT2D eigenvalue weighted by Crippen LogP contribution is -2.30. The molecule has 0 fully saturated rings. The molecule has 0 radical (unpaired) electrons. The van der Waals surface area contributed by atoms with E-state index in [0.717, 1.165) is 0 Å². The van der Waals surface area contributed by atoms with Crippen molar-refractivity contribution in [3.63, 3.8) is 0 Å². The first-order valence-electron chi connectivity index (χ1n) is 10.1. The van der Waals surface area contributed by atoms with E-state index in [9.17, 15) is 12.8 Å². The highest BCUT2D eigenvalue weighted by Crippen LogP contribution is 2.28. The molecule has 0 aliphatic carbocycles. The normalized spacial score (nSPS) is 11.9. The van der Waals surface area contributed by atoms with Gasteiger partial charge in [-0.1, -0.05) is 36.8 Å². The fourth-order valence-corrected chi connectivity index (χ4v) is 5.15. The van der Waals surface area contributed by atoms with E-state index < -0.39 is 10.0 Å². The van der Waals surface area contributed by atoms with Crippen LogP contribution >= 0.6 is 11.8 Å². The lowest BCUT2D eigenvalue weighted by molar-refractivity contribution is 0.391. The van der Waals surface area contributed by atoms with Crippen molar-refractivity contribution in [3.05, 3.63) is 60.2 Å². The SMILES string of the molecule is CCN(CC)S(=O)(=O)c1cccc(-c2nnc(SCc3nc(-c4ccc(F)cc4)no3)o2)c1. The maximum Gasteiger partial charge on any atom is 0.277 e. The van der Waals surface area contributed by atoms with Crippen LogP contribution in [0.5, 0.6) is 0 Å². The number of rotatable bonds is 9. The molecule has 0 atom stereocenters. The Hall–Kier alpha value is -3.09. The maximum absolute atomic E-state index is 13.1. The second-order valence-electron chi connectivity index (χ2n) is 6.80. The van der Waals surface area contributed by atoms with Gasteiger partial charge in [0.05, 0.1) is 10.6 Å². The molecule has 2 aromatic heterocycles. The van der Waals surface area contributed by atoms with Crippen molar-refractivity contribution in [1.29, 1.82) is 0 Å². The highest BCUT2D eigenvalue weighted by atomic mass is 32.2. The summed E-state index contributed by atoms with van der Waals surface area (Å²) < 4.78 is 50.9. The Balaban J connectivity index is 1.45. The maximum atomic E-state index is 13.1. The molecular weight excluding hydrogens is 469 g/mol. The number of thioether (sulfide) groups is 1. The van der Waals surface area contributed by atoms with Crippen molar-refractivity contribution in [1.82, 2.24) is 24.6 Å². The summed E-state index contributed by atoms with van der Waals surface area (Å²) in [5.41, 5.74) is 1.13. The first-order chi connectivity index (χ1) is 15.9. The smallest absolute Gasteiger partial charge is 0.277 e. The first kappa shape index (κ1) is 23.1. The van der Waals surface area contributed by atoms with Crippen LogP contribution < -0.4 is 0 Å². The Morgan fingerprint density at radius 2 is 1.79 bits per heavy atom. The van der Waals surface area contributed by atoms with E-state index in [1.54, 1.807) is 38.1 Å². The molecule has 4 aromatic rings. The second kappa shape index (κ2) is 9.81. The summed E-state index contributed by atoms with van der Waals surface area (Å²) in [6.07, 6.45) is 0. The number of nitrogens with zero attached hydrogens (tertiary/aromatic N) is 5. The zero-order valence-corrected chi connectivity index (χ0v) is 19.4. The minimum absolute atomic E-state index is 0.162. The van der Waals surface area contributed by atoms with Crippen LogP contribution in [-0.2, 0) is 15.8 Å². The molecule has 0 saturated carbocycles. The first-order valence-corrected chi connectivity index (χ1v) is 12.5. The standard InChI is InChI=1S/C21H20FN5O4S2/c1-3-27(4-2)33(28,29)17-7-5-6-15(12-17)20-24-25-21(30-20)32-13-18-23-19(26-31-18)14-8-10-16(22)11-9-14/h5-12H,3-4,13H2,1-2H3. The molecule has 0 spiro atoms. The van der Waals surface area contributed by atoms with Gasteiger partial charge in [0.15, 0.2) is 0 Å². The van der Waals surface area contributed by atoms with Crippen LogP contribution in [-0.4, -0.2) is 46.2 Å². The highest BCUT2D eigenvalue weighted by molar-refractivity contribution is 7.98. The van der Waals surface area contributed by atoms with Crippen molar-refractivity contribution >= 4 is 21.8 Å². The third-order valence-electron chi connectivity index (χ3n) is 4.72. The van der Waals surface area contributed by atoms with Crippen molar-refractivity contribution in [2.45, 2.75) is 29.7 Å². The molecule has 2 aromatic carbocycles. The van der Waals surface area contributed by atoms with Crippen LogP contribution in [0.1, 0.15) is 19.7 Å². The van der Waals surface area contributed by atoms with Gasteiger partial charge in [0, 0.05) is 24.2 Å². The minimum atomic E-state index is -3.60. The molecule has 2 heterocycles. The number of benzene rings is 2. The van der Waals surface area contributed by atoms with Crippen molar-refractivity contribution in [3.8, 4) is 22.8 Å². The fraction of sp³-hybridized carbons (Fsp3) is 0.238. The van der Waals surface area contributed by atoms with Crippen molar-refractivity contribution < 1.29 is 21.7 Å². The average Bonchev–Trinajstić information content (AvgIpc) is 3.49. The number of hydrogen-bond donors (Lipinski definition) is 0. The van der Waals surface area contributed by atoms with E-state index in [1.165, 1.54) is 40.3 Å². The van der Waals surface area contributed by atoms with Gasteiger partial charge >= 0.3 is 0 Å². The van der Waals surface area contributed by atoms with Crippen LogP contribution in [0, 0.1) is 5.82 Å². The van der Waals surface area contributed by atoms with Crippen molar-refractivity contribution in [2.24, 2.45) is 0 Å². The summed E-state index contributed by atoms with van der Waals surface area (Å²) >= 11 is 1.20. The molecule has 172 valence electrons. The fourth-order valence-electron chi connectivity index (χ4n) is 3.04. The molecule has 0 saturated heterocycles. The summed E-state index contributed by atoms with van der Waals surface area (Å²) in [6, 6.07) is 12.2. The van der Waals surface area contributed by atoms with Crippen LogP contribution in [0.25, 0.3) is 22.8 Å². The molecule has 0 N–H and O–H groups in total. The molecule has 0 aliphatic heterocycles. The molecule has 0 bridgehead atoms. The Labute approximate surface area is 194 Å². The quantitative estimate of drug-likeness (QED) is 0.318. The largest absolute Gasteiger partial charge is 0.411 e. The van der Waals surface area contributed by atoms with Gasteiger partial charge in [-0.25, -0.2) is 12.8 Å². The molecule has 33 heavy (non-hydrogen) atoms. The average molecular weight is 490 g/mol. The lowest BCUT2D eigenvalue weighted by Gasteiger charge is -2.18. The minimum Gasteiger partial charge on any atom is -0.411 e. The zero-order chi connectivity index (χ0) is 23.4. The highest BCUT2D eigenvalue weighted by Gasteiger charge is 2.22. The van der Waals surface area contributed by atoms with Crippen LogP contribution in [0.15, 0.2) is 67.6 Å². The number of hydrogen-bond acceptors (Lipinski definition) is 9. The molecule has 12 heteroatoms. The predicted octanol–water partition coefficient (Wildman–Crippen LogP) is 4.25. The molecule has 0 amide bonds. The number of halogens is 1. The monoisotopic (exact) mass is 489 g/mol. The Kier molecular flexibility index (Phi) is 6.86. The van der Waals surface area contributed by atoms with Crippen LogP contribution in [0.4, 0.5) is 4.39 Å². The lowest BCUT2D eigenvalue weighted by atomic mass is 10.2. The van der Waals surface area contributed by atoms with E-state index >= 15 is 0 Å². The van der Waals surface area contributed by atoms with Gasteiger partial charge in [-0.05, 0) is 42.5 Å². The molecular formula is C21H20FN5O4S2.